The van der Waals surface area contributed by atoms with Crippen LogP contribution in [0.1, 0.15) is 19.3 Å². The quantitative estimate of drug-likeness (QED) is 0.572. The van der Waals surface area contributed by atoms with Crippen LogP contribution in [0.4, 0.5) is 11.5 Å². The molecule has 9 nitrogen and oxygen atoms in total. The Morgan fingerprint density at radius 3 is 2.55 bits per heavy atom. The van der Waals surface area contributed by atoms with E-state index in [4.69, 9.17) is 16.7 Å². The number of carbonyl (C=O) groups excluding carboxylic acids is 2. The smallest absolute Gasteiger partial charge is 0.238 e. The summed E-state index contributed by atoms with van der Waals surface area (Å²) < 4.78 is 22.6. The number of rotatable bonds is 7. The zero-order valence-electron chi connectivity index (χ0n) is 16.8. The van der Waals surface area contributed by atoms with Gasteiger partial charge in [0.15, 0.2) is 0 Å². The molecule has 31 heavy (non-hydrogen) atoms. The maximum Gasteiger partial charge on any atom is 0.238 e. The molecule has 0 saturated carbocycles. The molecule has 166 valence electrons. The summed E-state index contributed by atoms with van der Waals surface area (Å²) in [6, 6.07) is 8.98. The average molecular weight is 466 g/mol. The van der Waals surface area contributed by atoms with Crippen molar-refractivity contribution >= 4 is 44.9 Å². The van der Waals surface area contributed by atoms with Gasteiger partial charge in [-0.05, 0) is 55.8 Å². The SMILES string of the molecule is NS(=O)(=O)c1ccc(NC(=O)CCN2CCCC(C(=O)Nc3ccc(Cl)cn3)C2)cc1. The number of likely N-dealkylation sites (tertiary alicyclic amines) is 1. The predicted octanol–water partition coefficient (Wildman–Crippen LogP) is 2.06. The molecule has 0 spiro atoms. The Bertz CT molecular complexity index is 1030. The summed E-state index contributed by atoms with van der Waals surface area (Å²) in [5.74, 6) is -0.0152. The third-order valence-corrected chi connectivity index (χ3v) is 6.13. The number of sulfonamides is 1. The van der Waals surface area contributed by atoms with Gasteiger partial charge in [0.1, 0.15) is 5.82 Å². The summed E-state index contributed by atoms with van der Waals surface area (Å²) in [7, 11) is -3.77. The summed E-state index contributed by atoms with van der Waals surface area (Å²) >= 11 is 5.81. The predicted molar refractivity (Wildman–Crippen MR) is 118 cm³/mol. The van der Waals surface area contributed by atoms with E-state index < -0.39 is 10.0 Å². The molecule has 2 amide bonds. The van der Waals surface area contributed by atoms with Crippen LogP contribution in [0, 0.1) is 5.92 Å². The topological polar surface area (TPSA) is 134 Å². The Morgan fingerprint density at radius 1 is 1.16 bits per heavy atom. The molecule has 1 aliphatic heterocycles. The van der Waals surface area contributed by atoms with Crippen LogP contribution in [0.25, 0.3) is 0 Å². The lowest BCUT2D eigenvalue weighted by Crippen LogP contribution is -2.41. The lowest BCUT2D eigenvalue weighted by molar-refractivity contribution is -0.121. The summed E-state index contributed by atoms with van der Waals surface area (Å²) in [6.07, 6.45) is 3.37. The number of pyridine rings is 1. The minimum atomic E-state index is -3.77. The van der Waals surface area contributed by atoms with Crippen molar-refractivity contribution in [3.05, 3.63) is 47.6 Å². The van der Waals surface area contributed by atoms with Crippen LogP contribution >= 0.6 is 11.6 Å². The van der Waals surface area contributed by atoms with Crippen molar-refractivity contribution < 1.29 is 18.0 Å². The van der Waals surface area contributed by atoms with Crippen molar-refractivity contribution in [1.82, 2.24) is 9.88 Å². The van der Waals surface area contributed by atoms with E-state index in [1.165, 1.54) is 30.5 Å². The zero-order valence-corrected chi connectivity index (χ0v) is 18.3. The van der Waals surface area contributed by atoms with E-state index in [-0.39, 0.29) is 29.0 Å². The Kier molecular flexibility index (Phi) is 7.60. The molecule has 4 N–H and O–H groups in total. The lowest BCUT2D eigenvalue weighted by Gasteiger charge is -2.31. The van der Waals surface area contributed by atoms with E-state index in [0.717, 1.165) is 19.4 Å². The van der Waals surface area contributed by atoms with Gasteiger partial charge in [-0.2, -0.15) is 0 Å². The minimum absolute atomic E-state index is 0.0167. The van der Waals surface area contributed by atoms with Gasteiger partial charge in [-0.3, -0.25) is 9.59 Å². The maximum absolute atomic E-state index is 12.5. The third-order valence-electron chi connectivity index (χ3n) is 4.98. The van der Waals surface area contributed by atoms with Crippen molar-refractivity contribution in [2.45, 2.75) is 24.2 Å². The first-order valence-electron chi connectivity index (χ1n) is 9.78. The number of aromatic nitrogens is 1. The minimum Gasteiger partial charge on any atom is -0.326 e. The van der Waals surface area contributed by atoms with Gasteiger partial charge in [-0.1, -0.05) is 11.6 Å². The van der Waals surface area contributed by atoms with Gasteiger partial charge in [-0.15, -0.1) is 0 Å². The summed E-state index contributed by atoms with van der Waals surface area (Å²) in [5, 5.41) is 11.1. The van der Waals surface area contributed by atoms with E-state index >= 15 is 0 Å². The number of benzene rings is 1. The number of halogens is 1. The molecular weight excluding hydrogens is 442 g/mol. The molecule has 1 aromatic heterocycles. The van der Waals surface area contributed by atoms with Crippen molar-refractivity contribution in [1.29, 1.82) is 0 Å². The fourth-order valence-corrected chi connectivity index (χ4v) is 3.99. The molecule has 0 aliphatic carbocycles. The van der Waals surface area contributed by atoms with Gasteiger partial charge in [-0.25, -0.2) is 18.5 Å². The van der Waals surface area contributed by atoms with Gasteiger partial charge >= 0.3 is 0 Å². The van der Waals surface area contributed by atoms with Crippen molar-refractivity contribution in [2.75, 3.05) is 30.3 Å². The molecule has 1 fully saturated rings. The van der Waals surface area contributed by atoms with Crippen LogP contribution in [0.2, 0.25) is 5.02 Å². The van der Waals surface area contributed by atoms with Crippen LogP contribution in [0.15, 0.2) is 47.5 Å². The number of anilines is 2. The van der Waals surface area contributed by atoms with Crippen LogP contribution in [-0.4, -0.2) is 49.8 Å². The Balaban J connectivity index is 1.46. The van der Waals surface area contributed by atoms with Crippen LogP contribution in [0.5, 0.6) is 0 Å². The Hall–Kier alpha value is -2.53. The first-order chi connectivity index (χ1) is 14.7. The fourth-order valence-electron chi connectivity index (χ4n) is 3.36. The molecule has 11 heteroatoms. The standard InChI is InChI=1S/C20H24ClN5O4S/c21-15-3-8-18(23-12-15)25-20(28)14-2-1-10-26(13-14)11-9-19(27)24-16-4-6-17(7-5-16)31(22,29)30/h3-8,12,14H,1-2,9-11,13H2,(H,24,27)(H2,22,29,30)(H,23,25,28). The van der Waals surface area contributed by atoms with E-state index in [1.807, 2.05) is 0 Å². The van der Waals surface area contributed by atoms with Gasteiger partial charge in [0.05, 0.1) is 15.8 Å². The van der Waals surface area contributed by atoms with Crippen molar-refractivity contribution in [3.8, 4) is 0 Å². The van der Waals surface area contributed by atoms with Gasteiger partial charge in [0, 0.05) is 31.4 Å². The molecule has 3 rings (SSSR count). The zero-order chi connectivity index (χ0) is 22.4. The Morgan fingerprint density at radius 2 is 1.90 bits per heavy atom. The molecule has 1 unspecified atom stereocenters. The number of nitrogens with one attached hydrogen (secondary N) is 2. The number of nitrogens with zero attached hydrogens (tertiary/aromatic N) is 2. The van der Waals surface area contributed by atoms with Crippen LogP contribution in [-0.2, 0) is 19.6 Å². The normalized spacial score (nSPS) is 17.2. The highest BCUT2D eigenvalue weighted by Gasteiger charge is 2.26. The highest BCUT2D eigenvalue weighted by molar-refractivity contribution is 7.89. The maximum atomic E-state index is 12.5. The highest BCUT2D eigenvalue weighted by Crippen LogP contribution is 2.19. The van der Waals surface area contributed by atoms with Crippen molar-refractivity contribution in [2.24, 2.45) is 11.1 Å². The summed E-state index contributed by atoms with van der Waals surface area (Å²) in [6.45, 7) is 1.90. The average Bonchev–Trinajstić information content (AvgIpc) is 2.74. The van der Waals surface area contributed by atoms with Gasteiger partial charge < -0.3 is 15.5 Å². The van der Waals surface area contributed by atoms with Crippen LogP contribution < -0.4 is 15.8 Å². The van der Waals surface area contributed by atoms with Gasteiger partial charge in [0.2, 0.25) is 21.8 Å². The van der Waals surface area contributed by atoms with E-state index in [0.29, 0.717) is 29.6 Å². The number of carbonyl (C=O) groups is 2. The van der Waals surface area contributed by atoms with Gasteiger partial charge in [0.25, 0.3) is 0 Å². The molecule has 1 aromatic carbocycles. The number of amides is 2. The van der Waals surface area contributed by atoms with Crippen LogP contribution in [0.3, 0.4) is 0 Å². The largest absolute Gasteiger partial charge is 0.326 e. The number of hydrogen-bond acceptors (Lipinski definition) is 6. The van der Waals surface area contributed by atoms with E-state index in [2.05, 4.69) is 20.5 Å². The molecule has 1 atom stereocenters. The molecule has 2 aromatic rings. The number of primary sulfonamides is 1. The first kappa shape index (κ1) is 23.1. The van der Waals surface area contributed by atoms with E-state index in [9.17, 15) is 18.0 Å². The highest BCUT2D eigenvalue weighted by atomic mass is 35.5. The second-order valence-electron chi connectivity index (χ2n) is 7.36. The molecule has 1 aliphatic rings. The Labute approximate surface area is 186 Å². The van der Waals surface area contributed by atoms with E-state index in [1.54, 1.807) is 12.1 Å². The summed E-state index contributed by atoms with van der Waals surface area (Å²) in [5.41, 5.74) is 0.490. The molecule has 1 saturated heterocycles. The monoisotopic (exact) mass is 465 g/mol. The summed E-state index contributed by atoms with van der Waals surface area (Å²) in [4.78, 5) is 30.9. The molecule has 0 radical (unpaired) electrons. The van der Waals surface area contributed by atoms with Crippen molar-refractivity contribution in [3.63, 3.8) is 0 Å². The number of nitrogens with two attached hydrogens (primary N) is 1. The lowest BCUT2D eigenvalue weighted by atomic mass is 9.97. The first-order valence-corrected chi connectivity index (χ1v) is 11.7. The fraction of sp³-hybridized carbons (Fsp3) is 0.350. The molecule has 0 bridgehead atoms. The second kappa shape index (κ2) is 10.2. The second-order valence-corrected chi connectivity index (χ2v) is 9.36. The number of piperidine rings is 1. The molecule has 2 heterocycles. The number of hydrogen-bond donors (Lipinski definition) is 3. The third kappa shape index (κ3) is 7.00. The molecular formula is C20H24ClN5O4S.